The number of nitrogens with zero attached hydrogens (tertiary/aromatic N) is 4. The molecule has 0 radical (unpaired) electrons. The lowest BCUT2D eigenvalue weighted by Gasteiger charge is -2.37. The second-order valence-corrected chi connectivity index (χ2v) is 6.52. The molecule has 2 aromatic heterocycles. The lowest BCUT2D eigenvalue weighted by Crippen LogP contribution is -2.52. The Morgan fingerprint density at radius 2 is 2.04 bits per heavy atom. The Labute approximate surface area is 147 Å². The Balaban J connectivity index is 1.81. The first-order valence-corrected chi connectivity index (χ1v) is 8.96. The van der Waals surface area contributed by atoms with Gasteiger partial charge in [-0.15, -0.1) is 5.10 Å². The standard InChI is InChI=1S/C19H24N6/c1-2-6-15-13-21-11-12-24(15)17-10-9-16(20)19-22-18(23-25(17)19)14-7-4-3-5-8-14/h3-5,7-10,15,21H,2,6,11-13,20H2,1H3. The monoisotopic (exact) mass is 336 g/mol. The fourth-order valence-electron chi connectivity index (χ4n) is 3.55. The van der Waals surface area contributed by atoms with Crippen LogP contribution in [-0.4, -0.2) is 40.3 Å². The summed E-state index contributed by atoms with van der Waals surface area (Å²) in [7, 11) is 0. The van der Waals surface area contributed by atoms with Gasteiger partial charge in [-0.1, -0.05) is 43.7 Å². The van der Waals surface area contributed by atoms with E-state index in [1.54, 1.807) is 0 Å². The Kier molecular flexibility index (Phi) is 4.28. The maximum Gasteiger partial charge on any atom is 0.182 e. The summed E-state index contributed by atoms with van der Waals surface area (Å²) < 4.78 is 1.91. The highest BCUT2D eigenvalue weighted by Gasteiger charge is 2.25. The zero-order valence-corrected chi connectivity index (χ0v) is 14.5. The first kappa shape index (κ1) is 15.9. The van der Waals surface area contributed by atoms with Gasteiger partial charge in [-0.25, -0.2) is 4.98 Å². The minimum Gasteiger partial charge on any atom is -0.396 e. The molecular weight excluding hydrogens is 312 g/mol. The van der Waals surface area contributed by atoms with E-state index in [1.165, 1.54) is 0 Å². The topological polar surface area (TPSA) is 71.5 Å². The van der Waals surface area contributed by atoms with Gasteiger partial charge in [-0.05, 0) is 18.6 Å². The number of nitrogens with one attached hydrogen (secondary N) is 1. The highest BCUT2D eigenvalue weighted by atomic mass is 15.4. The number of piperazine rings is 1. The van der Waals surface area contributed by atoms with Gasteiger partial charge >= 0.3 is 0 Å². The number of hydrogen-bond donors (Lipinski definition) is 2. The average molecular weight is 336 g/mol. The molecule has 0 spiro atoms. The molecule has 3 aromatic rings. The molecule has 6 nitrogen and oxygen atoms in total. The summed E-state index contributed by atoms with van der Waals surface area (Å²) in [6.45, 7) is 5.17. The Morgan fingerprint density at radius 1 is 1.20 bits per heavy atom. The van der Waals surface area contributed by atoms with Crippen LogP contribution in [0.15, 0.2) is 42.5 Å². The number of fused-ring (bicyclic) bond motifs is 1. The van der Waals surface area contributed by atoms with Gasteiger partial charge in [0.1, 0.15) is 5.82 Å². The molecule has 0 aliphatic carbocycles. The quantitative estimate of drug-likeness (QED) is 0.766. The van der Waals surface area contributed by atoms with E-state index in [2.05, 4.69) is 23.2 Å². The van der Waals surface area contributed by atoms with Crippen molar-refractivity contribution in [2.75, 3.05) is 30.3 Å². The molecule has 1 aliphatic heterocycles. The third-order valence-corrected chi connectivity index (χ3v) is 4.79. The van der Waals surface area contributed by atoms with E-state index in [1.807, 2.05) is 40.9 Å². The number of aromatic nitrogens is 3. The lowest BCUT2D eigenvalue weighted by molar-refractivity contribution is 0.445. The van der Waals surface area contributed by atoms with Gasteiger partial charge < -0.3 is 16.0 Å². The molecule has 0 saturated carbocycles. The van der Waals surface area contributed by atoms with Crippen LogP contribution in [0.25, 0.3) is 17.0 Å². The summed E-state index contributed by atoms with van der Waals surface area (Å²) in [6.07, 6.45) is 2.31. The summed E-state index contributed by atoms with van der Waals surface area (Å²) in [5.41, 5.74) is 8.57. The van der Waals surface area contributed by atoms with Crippen LogP contribution in [0.2, 0.25) is 0 Å². The number of benzene rings is 1. The van der Waals surface area contributed by atoms with Crippen molar-refractivity contribution in [3.05, 3.63) is 42.5 Å². The fraction of sp³-hybridized carbons (Fsp3) is 0.368. The van der Waals surface area contributed by atoms with E-state index in [0.29, 0.717) is 17.6 Å². The lowest BCUT2D eigenvalue weighted by atomic mass is 10.1. The molecule has 6 heteroatoms. The number of hydrogen-bond acceptors (Lipinski definition) is 5. The van der Waals surface area contributed by atoms with Crippen LogP contribution >= 0.6 is 0 Å². The van der Waals surface area contributed by atoms with Gasteiger partial charge in [-0.2, -0.15) is 4.52 Å². The predicted molar refractivity (Wildman–Crippen MR) is 102 cm³/mol. The molecule has 4 rings (SSSR count). The van der Waals surface area contributed by atoms with Crippen LogP contribution in [0.5, 0.6) is 0 Å². The minimum absolute atomic E-state index is 0.468. The van der Waals surface area contributed by atoms with Crippen molar-refractivity contribution >= 4 is 17.2 Å². The van der Waals surface area contributed by atoms with E-state index in [0.717, 1.165) is 49.5 Å². The van der Waals surface area contributed by atoms with Gasteiger partial charge in [0.25, 0.3) is 0 Å². The molecule has 1 atom stereocenters. The first-order valence-electron chi connectivity index (χ1n) is 8.96. The molecule has 0 amide bonds. The van der Waals surface area contributed by atoms with Crippen molar-refractivity contribution in [2.45, 2.75) is 25.8 Å². The van der Waals surface area contributed by atoms with Crippen molar-refractivity contribution in [1.29, 1.82) is 0 Å². The van der Waals surface area contributed by atoms with Gasteiger partial charge in [0.15, 0.2) is 11.5 Å². The molecule has 25 heavy (non-hydrogen) atoms. The first-order chi connectivity index (χ1) is 12.3. The molecule has 130 valence electrons. The summed E-state index contributed by atoms with van der Waals surface area (Å²) in [5.74, 6) is 1.78. The molecular formula is C19H24N6. The molecule has 3 heterocycles. The molecule has 1 unspecified atom stereocenters. The number of pyridine rings is 1. The van der Waals surface area contributed by atoms with Crippen LogP contribution in [0, 0.1) is 0 Å². The maximum absolute atomic E-state index is 6.19. The van der Waals surface area contributed by atoms with Gasteiger partial charge in [0.2, 0.25) is 0 Å². The second kappa shape index (κ2) is 6.72. The third kappa shape index (κ3) is 2.93. The number of rotatable bonds is 4. The van der Waals surface area contributed by atoms with Crippen molar-refractivity contribution in [2.24, 2.45) is 0 Å². The minimum atomic E-state index is 0.468. The van der Waals surface area contributed by atoms with Gasteiger partial charge in [0.05, 0.1) is 5.69 Å². The van der Waals surface area contributed by atoms with Crippen LogP contribution in [0.3, 0.4) is 0 Å². The molecule has 1 fully saturated rings. The Hall–Kier alpha value is -2.60. The summed E-state index contributed by atoms with van der Waals surface area (Å²) in [5, 5.41) is 8.28. The van der Waals surface area contributed by atoms with Crippen molar-refractivity contribution < 1.29 is 0 Å². The summed E-state index contributed by atoms with van der Waals surface area (Å²) in [4.78, 5) is 7.13. The summed E-state index contributed by atoms with van der Waals surface area (Å²) in [6, 6.07) is 14.5. The fourth-order valence-corrected chi connectivity index (χ4v) is 3.55. The third-order valence-electron chi connectivity index (χ3n) is 4.79. The SMILES string of the molecule is CCCC1CNCCN1c1ccc(N)c2nc(-c3ccccc3)nn12. The van der Waals surface area contributed by atoms with Crippen molar-refractivity contribution in [3.63, 3.8) is 0 Å². The smallest absolute Gasteiger partial charge is 0.182 e. The molecule has 1 aromatic carbocycles. The predicted octanol–water partition coefficient (Wildman–Crippen LogP) is 2.56. The molecule has 3 N–H and O–H groups in total. The van der Waals surface area contributed by atoms with E-state index in [9.17, 15) is 0 Å². The van der Waals surface area contributed by atoms with Crippen LogP contribution in [0.4, 0.5) is 11.5 Å². The van der Waals surface area contributed by atoms with E-state index < -0.39 is 0 Å². The Bertz CT molecular complexity index is 855. The zero-order chi connectivity index (χ0) is 17.2. The van der Waals surface area contributed by atoms with E-state index in [4.69, 9.17) is 15.8 Å². The number of nitrogens with two attached hydrogens (primary N) is 1. The highest BCUT2D eigenvalue weighted by molar-refractivity contribution is 5.71. The van der Waals surface area contributed by atoms with Gasteiger partial charge in [-0.3, -0.25) is 0 Å². The Morgan fingerprint density at radius 3 is 2.84 bits per heavy atom. The normalized spacial score (nSPS) is 18.0. The van der Waals surface area contributed by atoms with Crippen molar-refractivity contribution in [3.8, 4) is 11.4 Å². The number of nitrogen functional groups attached to an aromatic ring is 1. The summed E-state index contributed by atoms with van der Waals surface area (Å²) >= 11 is 0. The second-order valence-electron chi connectivity index (χ2n) is 6.52. The largest absolute Gasteiger partial charge is 0.396 e. The number of anilines is 2. The molecule has 1 aliphatic rings. The maximum atomic E-state index is 6.19. The molecule has 0 bridgehead atoms. The van der Waals surface area contributed by atoms with E-state index in [-0.39, 0.29) is 0 Å². The highest BCUT2D eigenvalue weighted by Crippen LogP contribution is 2.27. The van der Waals surface area contributed by atoms with Crippen LogP contribution in [-0.2, 0) is 0 Å². The van der Waals surface area contributed by atoms with Crippen molar-refractivity contribution in [1.82, 2.24) is 19.9 Å². The van der Waals surface area contributed by atoms with E-state index >= 15 is 0 Å². The van der Waals surface area contributed by atoms with Gasteiger partial charge in [0, 0.05) is 31.2 Å². The molecule has 1 saturated heterocycles. The zero-order valence-electron chi connectivity index (χ0n) is 14.5. The van der Waals surface area contributed by atoms with Crippen LogP contribution < -0.4 is 16.0 Å². The van der Waals surface area contributed by atoms with Crippen LogP contribution in [0.1, 0.15) is 19.8 Å². The average Bonchev–Trinajstić information content (AvgIpc) is 3.10.